The molecule has 0 spiro atoms. The first-order valence-corrected chi connectivity index (χ1v) is 3.92. The number of nitrogens with one attached hydrogen (secondary N) is 1. The molecule has 0 aliphatic carbocycles. The van der Waals surface area contributed by atoms with Crippen LogP contribution in [0.1, 0.15) is 13.3 Å². The number of rotatable bonds is 4. The van der Waals surface area contributed by atoms with Crippen molar-refractivity contribution in [1.82, 2.24) is 5.32 Å². The number of carbonyl (C=O) groups excluding carboxylic acids is 1. The monoisotopic (exact) mass is 163 g/mol. The lowest BCUT2D eigenvalue weighted by Gasteiger charge is -2.06. The van der Waals surface area contributed by atoms with E-state index in [0.29, 0.717) is 18.7 Å². The molecule has 2 N–H and O–H groups in total. The van der Waals surface area contributed by atoms with Gasteiger partial charge in [-0.25, -0.2) is 0 Å². The van der Waals surface area contributed by atoms with Gasteiger partial charge in [0, 0.05) is 12.3 Å². The van der Waals surface area contributed by atoms with E-state index in [2.05, 4.69) is 17.9 Å². The van der Waals surface area contributed by atoms with Crippen molar-refractivity contribution >= 4 is 18.5 Å². The van der Waals surface area contributed by atoms with Crippen LogP contribution in [0, 0.1) is 0 Å². The number of carbonyl (C=O) groups is 1. The van der Waals surface area contributed by atoms with Gasteiger partial charge in [-0.1, -0.05) is 6.92 Å². The first-order valence-electron chi connectivity index (χ1n) is 3.29. The van der Waals surface area contributed by atoms with E-state index in [1.54, 1.807) is 6.92 Å². The predicted molar refractivity (Wildman–Crippen MR) is 43.2 cm³/mol. The van der Waals surface area contributed by atoms with Crippen molar-refractivity contribution < 1.29 is 9.90 Å². The number of hydrogen-bond donors (Lipinski definition) is 3. The third-order valence-electron chi connectivity index (χ3n) is 1.10. The second-order valence-electron chi connectivity index (χ2n) is 1.94. The van der Waals surface area contributed by atoms with Gasteiger partial charge >= 0.3 is 0 Å². The Bertz CT molecular complexity index is 108. The van der Waals surface area contributed by atoms with Crippen LogP contribution < -0.4 is 5.32 Å². The summed E-state index contributed by atoms with van der Waals surface area (Å²) in [4.78, 5) is 10.7. The molecule has 1 amide bonds. The Morgan fingerprint density at radius 3 is 2.80 bits per heavy atom. The van der Waals surface area contributed by atoms with Gasteiger partial charge in [0.15, 0.2) is 0 Å². The summed E-state index contributed by atoms with van der Waals surface area (Å²) in [6, 6.07) is 0. The number of hydrogen-bond acceptors (Lipinski definition) is 3. The minimum atomic E-state index is -0.861. The van der Waals surface area contributed by atoms with Gasteiger partial charge in [-0.3, -0.25) is 4.79 Å². The van der Waals surface area contributed by atoms with E-state index < -0.39 is 6.10 Å². The van der Waals surface area contributed by atoms with Crippen LogP contribution in [0.2, 0.25) is 0 Å². The first-order chi connectivity index (χ1) is 4.72. The van der Waals surface area contributed by atoms with Gasteiger partial charge in [-0.2, -0.15) is 12.6 Å². The van der Waals surface area contributed by atoms with Gasteiger partial charge in [-0.05, 0) is 6.42 Å². The van der Waals surface area contributed by atoms with Crippen LogP contribution in [0.3, 0.4) is 0 Å². The highest BCUT2D eigenvalue weighted by Gasteiger charge is 2.09. The molecule has 0 fully saturated rings. The molecule has 0 aromatic rings. The van der Waals surface area contributed by atoms with Crippen molar-refractivity contribution in [2.75, 3.05) is 12.3 Å². The van der Waals surface area contributed by atoms with E-state index >= 15 is 0 Å². The summed E-state index contributed by atoms with van der Waals surface area (Å²) in [6.07, 6.45) is -0.404. The molecule has 0 radical (unpaired) electrons. The maximum atomic E-state index is 10.7. The van der Waals surface area contributed by atoms with Crippen molar-refractivity contribution in [2.45, 2.75) is 19.4 Å². The van der Waals surface area contributed by atoms with E-state index in [9.17, 15) is 4.79 Å². The lowest BCUT2D eigenvalue weighted by atomic mass is 10.2. The van der Waals surface area contributed by atoms with E-state index in [1.165, 1.54) is 0 Å². The molecule has 4 heteroatoms. The average Bonchev–Trinajstić information content (AvgIpc) is 1.98. The maximum Gasteiger partial charge on any atom is 0.248 e. The molecule has 0 rings (SSSR count). The van der Waals surface area contributed by atoms with E-state index in [1.807, 2.05) is 0 Å². The predicted octanol–water partition coefficient (Wildman–Crippen LogP) is -0.197. The fraction of sp³-hybridized carbons (Fsp3) is 0.833. The van der Waals surface area contributed by atoms with Crippen LogP contribution in [0.4, 0.5) is 0 Å². The molecule has 0 saturated heterocycles. The molecular formula is C6H13NO2S. The quantitative estimate of drug-likeness (QED) is 0.503. The van der Waals surface area contributed by atoms with Crippen LogP contribution in [-0.4, -0.2) is 29.4 Å². The number of aliphatic hydroxyl groups excluding tert-OH is 1. The summed E-state index contributed by atoms with van der Waals surface area (Å²) in [5, 5.41) is 11.4. The summed E-state index contributed by atoms with van der Waals surface area (Å²) >= 11 is 3.90. The Morgan fingerprint density at radius 2 is 2.40 bits per heavy atom. The molecule has 10 heavy (non-hydrogen) atoms. The second-order valence-corrected chi connectivity index (χ2v) is 2.39. The molecule has 0 aliphatic heterocycles. The highest BCUT2D eigenvalue weighted by molar-refractivity contribution is 7.80. The SMILES string of the molecule is CCC(O)C(=O)NCCS. The second kappa shape index (κ2) is 5.56. The molecule has 0 aliphatic rings. The highest BCUT2D eigenvalue weighted by atomic mass is 32.1. The zero-order valence-corrected chi connectivity index (χ0v) is 6.90. The normalized spacial score (nSPS) is 12.7. The van der Waals surface area contributed by atoms with Gasteiger partial charge < -0.3 is 10.4 Å². The molecule has 1 atom stereocenters. The summed E-state index contributed by atoms with van der Waals surface area (Å²) < 4.78 is 0. The standard InChI is InChI=1S/C6H13NO2S/c1-2-5(8)6(9)7-3-4-10/h5,8,10H,2-4H2,1H3,(H,7,9). The summed E-state index contributed by atoms with van der Waals surface area (Å²) in [5.74, 6) is 0.291. The van der Waals surface area contributed by atoms with Crippen LogP contribution >= 0.6 is 12.6 Å². The Labute approximate surface area is 66.2 Å². The summed E-state index contributed by atoms with van der Waals surface area (Å²) in [5.41, 5.74) is 0. The topological polar surface area (TPSA) is 49.3 Å². The van der Waals surface area contributed by atoms with Gasteiger partial charge in [-0.15, -0.1) is 0 Å². The zero-order chi connectivity index (χ0) is 7.98. The van der Waals surface area contributed by atoms with Crippen molar-refractivity contribution in [3.8, 4) is 0 Å². The smallest absolute Gasteiger partial charge is 0.248 e. The lowest BCUT2D eigenvalue weighted by Crippen LogP contribution is -2.35. The fourth-order valence-electron chi connectivity index (χ4n) is 0.482. The van der Waals surface area contributed by atoms with Gasteiger partial charge in [0.2, 0.25) is 5.91 Å². The van der Waals surface area contributed by atoms with E-state index in [4.69, 9.17) is 5.11 Å². The Balaban J connectivity index is 3.42. The van der Waals surface area contributed by atoms with Gasteiger partial charge in [0.25, 0.3) is 0 Å². The maximum absolute atomic E-state index is 10.7. The minimum absolute atomic E-state index is 0.309. The van der Waals surface area contributed by atoms with Crippen LogP contribution in [0.5, 0.6) is 0 Å². The van der Waals surface area contributed by atoms with Crippen LogP contribution in [0.25, 0.3) is 0 Å². The third kappa shape index (κ3) is 3.74. The molecule has 60 valence electrons. The van der Waals surface area contributed by atoms with Crippen LogP contribution in [-0.2, 0) is 4.79 Å². The van der Waals surface area contributed by atoms with E-state index in [0.717, 1.165) is 0 Å². The number of aliphatic hydroxyl groups is 1. The van der Waals surface area contributed by atoms with Crippen molar-refractivity contribution in [3.63, 3.8) is 0 Å². The fourth-order valence-corrected chi connectivity index (χ4v) is 0.594. The molecule has 0 aromatic carbocycles. The largest absolute Gasteiger partial charge is 0.383 e. The molecular weight excluding hydrogens is 150 g/mol. The molecule has 0 heterocycles. The lowest BCUT2D eigenvalue weighted by molar-refractivity contribution is -0.129. The van der Waals surface area contributed by atoms with Crippen molar-refractivity contribution in [3.05, 3.63) is 0 Å². The summed E-state index contributed by atoms with van der Waals surface area (Å²) in [7, 11) is 0. The Hall–Kier alpha value is -0.220. The average molecular weight is 163 g/mol. The molecule has 3 nitrogen and oxygen atoms in total. The zero-order valence-electron chi connectivity index (χ0n) is 6.00. The summed E-state index contributed by atoms with van der Waals surface area (Å²) in [6.45, 7) is 2.27. The minimum Gasteiger partial charge on any atom is -0.383 e. The van der Waals surface area contributed by atoms with Crippen molar-refractivity contribution in [1.29, 1.82) is 0 Å². The highest BCUT2D eigenvalue weighted by Crippen LogP contribution is 1.88. The Morgan fingerprint density at radius 1 is 1.80 bits per heavy atom. The third-order valence-corrected chi connectivity index (χ3v) is 1.32. The van der Waals surface area contributed by atoms with Crippen molar-refractivity contribution in [2.24, 2.45) is 0 Å². The number of amides is 1. The van der Waals surface area contributed by atoms with Gasteiger partial charge in [0.05, 0.1) is 0 Å². The molecule has 1 unspecified atom stereocenters. The first kappa shape index (κ1) is 9.78. The Kier molecular flexibility index (Phi) is 5.43. The number of thiol groups is 1. The van der Waals surface area contributed by atoms with E-state index in [-0.39, 0.29) is 5.91 Å². The molecule has 0 saturated carbocycles. The van der Waals surface area contributed by atoms with Crippen LogP contribution in [0.15, 0.2) is 0 Å². The molecule has 0 bridgehead atoms. The molecule has 0 aromatic heterocycles. The van der Waals surface area contributed by atoms with Gasteiger partial charge in [0.1, 0.15) is 6.10 Å².